The Balaban J connectivity index is 2.85. The summed E-state index contributed by atoms with van der Waals surface area (Å²) >= 11 is 0. The smallest absolute Gasteiger partial charge is 0.370 e. The molecule has 0 radical (unpaired) electrons. The lowest BCUT2D eigenvalue weighted by atomic mass is 10.0. The average Bonchev–Trinajstić information content (AvgIpc) is 2.38. The Morgan fingerprint density at radius 3 is 2.04 bits per heavy atom. The summed E-state index contributed by atoms with van der Waals surface area (Å²) in [5.74, 6) is -5.89. The van der Waals surface area contributed by atoms with Crippen LogP contribution >= 0.6 is 0 Å². The molecule has 1 aliphatic heterocycles. The molecule has 0 fully saturated rings. The maximum atomic E-state index is 13.7. The Hall–Kier alpha value is -1.44. The lowest BCUT2D eigenvalue weighted by Crippen LogP contribution is -2.40. The number of hydrogen-bond acceptors (Lipinski definition) is 4. The third-order valence-corrected chi connectivity index (χ3v) is 3.97. The second kappa shape index (κ2) is 6.70. The summed E-state index contributed by atoms with van der Waals surface area (Å²) in [6.45, 7) is -2.25. The van der Waals surface area contributed by atoms with E-state index in [4.69, 9.17) is 0 Å². The molecule has 0 aromatic carbocycles. The van der Waals surface area contributed by atoms with Crippen LogP contribution < -0.4 is 0 Å². The van der Waals surface area contributed by atoms with Crippen molar-refractivity contribution in [1.29, 1.82) is 0 Å². The van der Waals surface area contributed by atoms with Gasteiger partial charge >= 0.3 is 21.8 Å². The molecule has 0 aromatic rings. The lowest BCUT2D eigenvalue weighted by molar-refractivity contribution is -0.0916. The molecule has 1 unspecified atom stereocenters. The zero-order valence-corrected chi connectivity index (χ0v) is 12.9. The van der Waals surface area contributed by atoms with E-state index in [1.165, 1.54) is 0 Å². The highest BCUT2D eigenvalue weighted by Crippen LogP contribution is 2.36. The van der Waals surface area contributed by atoms with E-state index >= 15 is 0 Å². The largest absolute Gasteiger partial charge is 0.523 e. The first kappa shape index (κ1) is 21.6. The topological polar surface area (TPSA) is 46.6 Å². The molecule has 0 saturated carbocycles. The Morgan fingerprint density at radius 2 is 1.64 bits per heavy atom. The van der Waals surface area contributed by atoms with Crippen molar-refractivity contribution in [3.8, 4) is 0 Å². The van der Waals surface area contributed by atoms with Crippen LogP contribution in [0.1, 0.15) is 6.42 Å². The molecule has 1 atom stereocenters. The number of allylic oxidation sites excluding steroid dienone is 2. The Bertz CT molecular complexity index is 663. The van der Waals surface area contributed by atoms with E-state index in [1.54, 1.807) is 0 Å². The van der Waals surface area contributed by atoms with Gasteiger partial charge in [-0.3, -0.25) is 4.18 Å². The van der Waals surface area contributed by atoms with Gasteiger partial charge in [-0.2, -0.15) is 34.8 Å². The van der Waals surface area contributed by atoms with Gasteiger partial charge in [0, 0.05) is 19.7 Å². The van der Waals surface area contributed by atoms with Crippen LogP contribution in [0.15, 0.2) is 23.7 Å². The fourth-order valence-corrected chi connectivity index (χ4v) is 2.22. The number of nitrogens with zero attached hydrogens (tertiary/aromatic N) is 1. The first-order valence-corrected chi connectivity index (χ1v) is 7.59. The summed E-state index contributed by atoms with van der Waals surface area (Å²) in [4.78, 5) is 0.449. The molecule has 0 saturated heterocycles. The lowest BCUT2D eigenvalue weighted by Gasteiger charge is -2.32. The molecule has 0 bridgehead atoms. The van der Waals surface area contributed by atoms with E-state index in [1.807, 2.05) is 0 Å². The molecule has 0 aromatic heterocycles. The molecule has 25 heavy (non-hydrogen) atoms. The van der Waals surface area contributed by atoms with Gasteiger partial charge in [0.05, 0.1) is 11.6 Å². The highest BCUT2D eigenvalue weighted by molar-refractivity contribution is 7.87. The summed E-state index contributed by atoms with van der Waals surface area (Å²) < 4.78 is 139. The van der Waals surface area contributed by atoms with E-state index in [0.717, 1.165) is 7.05 Å². The maximum Gasteiger partial charge on any atom is 0.523 e. The minimum Gasteiger partial charge on any atom is -0.370 e. The Kier molecular flexibility index (Phi) is 5.79. The van der Waals surface area contributed by atoms with Gasteiger partial charge in [0.25, 0.3) is 5.92 Å². The first-order valence-electron chi connectivity index (χ1n) is 6.18. The Morgan fingerprint density at radius 1 is 1.12 bits per heavy atom. The second-order valence-electron chi connectivity index (χ2n) is 5.01. The van der Waals surface area contributed by atoms with E-state index in [2.05, 4.69) is 4.18 Å². The number of alkyl halides is 8. The van der Waals surface area contributed by atoms with E-state index in [-0.39, 0.29) is 6.08 Å². The van der Waals surface area contributed by atoms with Crippen LogP contribution in [0.3, 0.4) is 0 Å². The maximum absolute atomic E-state index is 13.7. The van der Waals surface area contributed by atoms with Gasteiger partial charge < -0.3 is 4.90 Å². The summed E-state index contributed by atoms with van der Waals surface area (Å²) in [5, 5.41) is 0. The van der Waals surface area contributed by atoms with Crippen molar-refractivity contribution < 1.29 is 52.1 Å². The Labute approximate surface area is 135 Å². The first-order chi connectivity index (χ1) is 11.0. The van der Waals surface area contributed by atoms with Crippen LogP contribution in [-0.4, -0.2) is 50.6 Å². The van der Waals surface area contributed by atoms with E-state index in [9.17, 15) is 47.9 Å². The zero-order chi connectivity index (χ0) is 19.8. The molecule has 0 amide bonds. The normalized spacial score (nSPS) is 20.4. The van der Waals surface area contributed by atoms with E-state index < -0.39 is 58.2 Å². The molecular formula is C11H10F9NO3S. The minimum absolute atomic E-state index is 0.0337. The van der Waals surface area contributed by atoms with Crippen molar-refractivity contribution in [2.24, 2.45) is 0 Å². The molecule has 0 N–H and O–H groups in total. The molecule has 1 heterocycles. The van der Waals surface area contributed by atoms with Gasteiger partial charge in [0.15, 0.2) is 0 Å². The average molecular weight is 407 g/mol. The van der Waals surface area contributed by atoms with Crippen molar-refractivity contribution in [2.45, 2.75) is 30.1 Å². The molecule has 1 rings (SSSR count). The van der Waals surface area contributed by atoms with Crippen molar-refractivity contribution in [1.82, 2.24) is 4.90 Å². The van der Waals surface area contributed by atoms with Gasteiger partial charge in [-0.15, -0.1) is 0 Å². The highest BCUT2D eigenvalue weighted by Gasteiger charge is 2.50. The number of likely N-dealkylation sites (N-methyl/N-ethyl adjacent to an activating group) is 1. The molecule has 0 spiro atoms. The predicted octanol–water partition coefficient (Wildman–Crippen LogP) is 3.49. The van der Waals surface area contributed by atoms with Crippen molar-refractivity contribution in [3.05, 3.63) is 23.7 Å². The fraction of sp³-hybridized carbons (Fsp3) is 0.636. The van der Waals surface area contributed by atoms with Crippen LogP contribution in [0.5, 0.6) is 0 Å². The van der Waals surface area contributed by atoms with E-state index in [0.29, 0.717) is 11.1 Å². The van der Waals surface area contributed by atoms with Crippen LogP contribution in [-0.2, 0) is 14.3 Å². The SMILES string of the molecule is CN1C=C(C(F)(F)F)C=C(F)C1CC(F)(F)COS(=O)(=O)C(F)(F)F. The molecule has 1 aliphatic rings. The molecule has 14 heteroatoms. The third-order valence-electron chi connectivity index (χ3n) is 2.97. The summed E-state index contributed by atoms with van der Waals surface area (Å²) in [6.07, 6.45) is -6.25. The zero-order valence-electron chi connectivity index (χ0n) is 12.1. The second-order valence-corrected chi connectivity index (χ2v) is 6.62. The standard InChI is InChI=1S/C11H10F9NO3S/c1-21-4-6(10(15,16)17)2-7(12)8(21)3-9(13,14)5-24-25(22,23)11(18,19)20/h2,4,8H,3,5H2,1H3. The quantitative estimate of drug-likeness (QED) is 0.398. The fourth-order valence-electron chi connectivity index (χ4n) is 1.75. The molecule has 146 valence electrons. The van der Waals surface area contributed by atoms with Crippen LogP contribution in [0, 0.1) is 0 Å². The van der Waals surface area contributed by atoms with Crippen LogP contribution in [0.2, 0.25) is 0 Å². The van der Waals surface area contributed by atoms with Gasteiger partial charge in [-0.25, -0.2) is 13.2 Å². The highest BCUT2D eigenvalue weighted by atomic mass is 32.2. The van der Waals surface area contributed by atoms with Crippen LogP contribution in [0.25, 0.3) is 0 Å². The van der Waals surface area contributed by atoms with Gasteiger partial charge in [0.1, 0.15) is 12.4 Å². The van der Waals surface area contributed by atoms with Crippen LogP contribution in [0.4, 0.5) is 39.5 Å². The number of halogens is 9. The minimum atomic E-state index is -6.29. The van der Waals surface area contributed by atoms with Crippen molar-refractivity contribution in [2.75, 3.05) is 13.7 Å². The van der Waals surface area contributed by atoms with Crippen molar-refractivity contribution in [3.63, 3.8) is 0 Å². The van der Waals surface area contributed by atoms with Gasteiger partial charge in [0.2, 0.25) is 0 Å². The summed E-state index contributed by atoms with van der Waals surface area (Å²) in [7, 11) is -5.45. The molecule has 0 aliphatic carbocycles. The third kappa shape index (κ3) is 5.52. The summed E-state index contributed by atoms with van der Waals surface area (Å²) in [6, 6.07) is -1.95. The van der Waals surface area contributed by atoms with Gasteiger partial charge in [-0.1, -0.05) is 0 Å². The summed E-state index contributed by atoms with van der Waals surface area (Å²) in [5.41, 5.74) is -7.39. The molecule has 4 nitrogen and oxygen atoms in total. The monoisotopic (exact) mass is 407 g/mol. The van der Waals surface area contributed by atoms with Gasteiger partial charge in [-0.05, 0) is 6.08 Å². The predicted molar refractivity (Wildman–Crippen MR) is 65.4 cm³/mol. The van der Waals surface area contributed by atoms with Crippen molar-refractivity contribution >= 4 is 10.1 Å². The number of rotatable bonds is 5. The number of hydrogen-bond donors (Lipinski definition) is 0. The molecular weight excluding hydrogens is 397 g/mol.